The molecule has 1 rings (SSSR count). The van der Waals surface area contributed by atoms with Crippen LogP contribution in [0, 0.1) is 0 Å². The monoisotopic (exact) mass is 253 g/mol. The van der Waals surface area contributed by atoms with Crippen LogP contribution < -0.4 is 5.32 Å². The maximum atomic E-state index is 11.5. The minimum Gasteiger partial charge on any atom is -0.382 e. The molecule has 0 saturated carbocycles. The number of carbonyl (C=O) groups is 1. The number of amides is 1. The van der Waals surface area contributed by atoms with Crippen LogP contribution in [0.3, 0.4) is 0 Å². The number of rotatable bonds is 8. The third-order valence-electron chi connectivity index (χ3n) is 2.19. The van der Waals surface area contributed by atoms with Crippen molar-refractivity contribution in [2.24, 2.45) is 0 Å². The standard InChI is InChI=1S/C13H19NO4/c1-16-6-7-18-10-13(15)14-12-5-3-4-11(8-12)9-17-2/h3-5,8H,6-7,9-10H2,1-2H3,(H,14,15). The molecule has 1 amide bonds. The Balaban J connectivity index is 2.36. The summed E-state index contributed by atoms with van der Waals surface area (Å²) in [5.74, 6) is -0.180. The van der Waals surface area contributed by atoms with Crippen LogP contribution in [-0.2, 0) is 25.6 Å². The topological polar surface area (TPSA) is 56.8 Å². The van der Waals surface area contributed by atoms with Gasteiger partial charge in [-0.25, -0.2) is 0 Å². The van der Waals surface area contributed by atoms with Gasteiger partial charge in [-0.3, -0.25) is 4.79 Å². The third-order valence-corrected chi connectivity index (χ3v) is 2.19. The van der Waals surface area contributed by atoms with E-state index in [1.807, 2.05) is 24.3 Å². The van der Waals surface area contributed by atoms with Gasteiger partial charge in [0, 0.05) is 19.9 Å². The van der Waals surface area contributed by atoms with E-state index in [1.165, 1.54) is 0 Å². The molecule has 0 saturated heterocycles. The van der Waals surface area contributed by atoms with Crippen LogP contribution in [-0.4, -0.2) is 39.9 Å². The zero-order chi connectivity index (χ0) is 13.2. The van der Waals surface area contributed by atoms with Crippen LogP contribution in [0.2, 0.25) is 0 Å². The highest BCUT2D eigenvalue weighted by molar-refractivity contribution is 5.91. The molecule has 0 unspecified atom stereocenters. The number of benzene rings is 1. The van der Waals surface area contributed by atoms with E-state index in [0.29, 0.717) is 19.8 Å². The van der Waals surface area contributed by atoms with Gasteiger partial charge < -0.3 is 19.5 Å². The first-order valence-electron chi connectivity index (χ1n) is 5.70. The predicted molar refractivity (Wildman–Crippen MR) is 68.5 cm³/mol. The Hall–Kier alpha value is -1.43. The number of nitrogens with one attached hydrogen (secondary N) is 1. The van der Waals surface area contributed by atoms with Gasteiger partial charge in [-0.15, -0.1) is 0 Å². The van der Waals surface area contributed by atoms with E-state index in [4.69, 9.17) is 14.2 Å². The highest BCUT2D eigenvalue weighted by Gasteiger charge is 2.03. The first-order valence-corrected chi connectivity index (χ1v) is 5.70. The smallest absolute Gasteiger partial charge is 0.250 e. The van der Waals surface area contributed by atoms with E-state index >= 15 is 0 Å². The number of anilines is 1. The van der Waals surface area contributed by atoms with Gasteiger partial charge in [0.15, 0.2) is 0 Å². The first-order chi connectivity index (χ1) is 8.76. The molecule has 18 heavy (non-hydrogen) atoms. The fraction of sp³-hybridized carbons (Fsp3) is 0.462. The van der Waals surface area contributed by atoms with E-state index in [9.17, 15) is 4.79 Å². The van der Waals surface area contributed by atoms with Crippen molar-refractivity contribution in [1.29, 1.82) is 0 Å². The Morgan fingerprint density at radius 3 is 2.78 bits per heavy atom. The molecule has 0 aromatic heterocycles. The molecule has 0 aliphatic rings. The molecule has 100 valence electrons. The molecular weight excluding hydrogens is 234 g/mol. The average molecular weight is 253 g/mol. The van der Waals surface area contributed by atoms with Crippen LogP contribution in [0.15, 0.2) is 24.3 Å². The lowest BCUT2D eigenvalue weighted by atomic mass is 10.2. The Morgan fingerprint density at radius 1 is 1.22 bits per heavy atom. The number of hydrogen-bond donors (Lipinski definition) is 1. The van der Waals surface area contributed by atoms with Crippen molar-refractivity contribution < 1.29 is 19.0 Å². The molecule has 0 aliphatic heterocycles. The maximum absolute atomic E-state index is 11.5. The van der Waals surface area contributed by atoms with Gasteiger partial charge in [0.05, 0.1) is 19.8 Å². The molecule has 0 bridgehead atoms. The zero-order valence-corrected chi connectivity index (χ0v) is 10.8. The van der Waals surface area contributed by atoms with Crippen LogP contribution >= 0.6 is 0 Å². The summed E-state index contributed by atoms with van der Waals surface area (Å²) < 4.78 is 15.0. The number of carbonyl (C=O) groups excluding carboxylic acids is 1. The quantitative estimate of drug-likeness (QED) is 0.712. The van der Waals surface area contributed by atoms with Crippen molar-refractivity contribution in [3.63, 3.8) is 0 Å². The van der Waals surface area contributed by atoms with Gasteiger partial charge in [-0.1, -0.05) is 12.1 Å². The molecule has 0 radical (unpaired) electrons. The SMILES string of the molecule is COCCOCC(=O)Nc1cccc(COC)c1. The van der Waals surface area contributed by atoms with Crippen LogP contribution in [0.5, 0.6) is 0 Å². The Labute approximate surface area is 107 Å². The molecule has 5 heteroatoms. The van der Waals surface area contributed by atoms with E-state index in [1.54, 1.807) is 14.2 Å². The van der Waals surface area contributed by atoms with E-state index < -0.39 is 0 Å². The minimum absolute atomic E-state index is 0.0257. The summed E-state index contributed by atoms with van der Waals surface area (Å²) in [4.78, 5) is 11.5. The molecular formula is C13H19NO4. The summed E-state index contributed by atoms with van der Waals surface area (Å²) in [6.45, 7) is 1.44. The Morgan fingerprint density at radius 2 is 2.06 bits per heavy atom. The van der Waals surface area contributed by atoms with Gasteiger partial charge in [0.1, 0.15) is 6.61 Å². The molecule has 5 nitrogen and oxygen atoms in total. The lowest BCUT2D eigenvalue weighted by molar-refractivity contribution is -0.121. The second-order valence-electron chi connectivity index (χ2n) is 3.73. The van der Waals surface area contributed by atoms with Crippen molar-refractivity contribution in [1.82, 2.24) is 0 Å². The number of methoxy groups -OCH3 is 2. The fourth-order valence-electron chi connectivity index (χ4n) is 1.41. The Bertz CT molecular complexity index is 368. The minimum atomic E-state index is -0.180. The molecule has 0 heterocycles. The molecule has 0 atom stereocenters. The van der Waals surface area contributed by atoms with E-state index in [2.05, 4.69) is 5.32 Å². The van der Waals surface area contributed by atoms with Crippen LogP contribution in [0.1, 0.15) is 5.56 Å². The summed E-state index contributed by atoms with van der Waals surface area (Å²) in [6, 6.07) is 7.51. The highest BCUT2D eigenvalue weighted by Crippen LogP contribution is 2.11. The van der Waals surface area contributed by atoms with E-state index in [0.717, 1.165) is 11.3 Å². The van der Waals surface area contributed by atoms with Crippen LogP contribution in [0.4, 0.5) is 5.69 Å². The summed E-state index contributed by atoms with van der Waals surface area (Å²) in [5.41, 5.74) is 1.75. The number of hydrogen-bond acceptors (Lipinski definition) is 4. The molecule has 1 aromatic rings. The van der Waals surface area contributed by atoms with Gasteiger partial charge in [-0.05, 0) is 17.7 Å². The van der Waals surface area contributed by atoms with Crippen LogP contribution in [0.25, 0.3) is 0 Å². The van der Waals surface area contributed by atoms with Gasteiger partial charge >= 0.3 is 0 Å². The lowest BCUT2D eigenvalue weighted by Gasteiger charge is -2.07. The summed E-state index contributed by atoms with van der Waals surface area (Å²) in [6.07, 6.45) is 0. The fourth-order valence-corrected chi connectivity index (χ4v) is 1.41. The molecule has 1 N–H and O–H groups in total. The first kappa shape index (κ1) is 14.6. The Kier molecular flexibility index (Phi) is 7.01. The normalized spacial score (nSPS) is 10.3. The number of ether oxygens (including phenoxy) is 3. The summed E-state index contributed by atoms with van der Waals surface area (Å²) in [7, 11) is 3.22. The summed E-state index contributed by atoms with van der Waals surface area (Å²) in [5, 5.41) is 2.76. The second kappa shape index (κ2) is 8.63. The highest BCUT2D eigenvalue weighted by atomic mass is 16.5. The van der Waals surface area contributed by atoms with Gasteiger partial charge in [0.25, 0.3) is 0 Å². The second-order valence-corrected chi connectivity index (χ2v) is 3.73. The zero-order valence-electron chi connectivity index (χ0n) is 10.8. The molecule has 1 aromatic carbocycles. The van der Waals surface area contributed by atoms with Crippen molar-refractivity contribution in [3.05, 3.63) is 29.8 Å². The maximum Gasteiger partial charge on any atom is 0.250 e. The van der Waals surface area contributed by atoms with Crippen molar-refractivity contribution in [2.75, 3.05) is 39.4 Å². The van der Waals surface area contributed by atoms with Crippen molar-refractivity contribution >= 4 is 11.6 Å². The van der Waals surface area contributed by atoms with Crippen molar-refractivity contribution in [3.8, 4) is 0 Å². The van der Waals surface area contributed by atoms with Gasteiger partial charge in [0.2, 0.25) is 5.91 Å². The predicted octanol–water partition coefficient (Wildman–Crippen LogP) is 1.43. The molecule has 0 spiro atoms. The average Bonchev–Trinajstić information content (AvgIpc) is 2.35. The molecule has 0 aliphatic carbocycles. The summed E-state index contributed by atoms with van der Waals surface area (Å²) >= 11 is 0. The van der Waals surface area contributed by atoms with Gasteiger partial charge in [-0.2, -0.15) is 0 Å². The largest absolute Gasteiger partial charge is 0.382 e. The third kappa shape index (κ3) is 5.77. The van der Waals surface area contributed by atoms with E-state index in [-0.39, 0.29) is 12.5 Å². The van der Waals surface area contributed by atoms with Crippen molar-refractivity contribution in [2.45, 2.75) is 6.61 Å². The lowest BCUT2D eigenvalue weighted by Crippen LogP contribution is -2.19. The molecule has 0 fully saturated rings.